The molecule has 27 heavy (non-hydrogen) atoms. The summed E-state index contributed by atoms with van der Waals surface area (Å²) in [6.07, 6.45) is 2.13. The molecule has 0 aliphatic carbocycles. The normalized spacial score (nSPS) is 11.9. The molecule has 0 aliphatic rings. The molecule has 0 fully saturated rings. The first-order chi connectivity index (χ1) is 12.9. The van der Waals surface area contributed by atoms with Crippen molar-refractivity contribution in [1.82, 2.24) is 14.1 Å². The van der Waals surface area contributed by atoms with Crippen molar-refractivity contribution in [3.8, 4) is 0 Å². The number of hydrogen-bond acceptors (Lipinski definition) is 3. The van der Waals surface area contributed by atoms with E-state index in [4.69, 9.17) is 0 Å². The molecule has 0 amide bonds. The van der Waals surface area contributed by atoms with Crippen molar-refractivity contribution >= 4 is 10.0 Å². The minimum absolute atomic E-state index is 0.216. The van der Waals surface area contributed by atoms with Crippen LogP contribution >= 0.6 is 0 Å². The van der Waals surface area contributed by atoms with Crippen molar-refractivity contribution in [1.29, 1.82) is 0 Å². The monoisotopic (exact) mass is 387 g/mol. The highest BCUT2D eigenvalue weighted by molar-refractivity contribution is 7.89. The van der Waals surface area contributed by atoms with Crippen LogP contribution in [0.1, 0.15) is 16.8 Å². The molecule has 0 N–H and O–H groups in total. The SMILES string of the molecule is Cc1ccc(S(=O)(=O)N(CCc2ccc(F)cc2)Cc2ccnn2C)cc1. The molecular weight excluding hydrogens is 365 g/mol. The zero-order valence-corrected chi connectivity index (χ0v) is 16.2. The number of aromatic nitrogens is 2. The van der Waals surface area contributed by atoms with Gasteiger partial charge >= 0.3 is 0 Å². The Morgan fingerprint density at radius 1 is 1.04 bits per heavy atom. The number of halogens is 1. The van der Waals surface area contributed by atoms with E-state index < -0.39 is 10.0 Å². The summed E-state index contributed by atoms with van der Waals surface area (Å²) in [5.74, 6) is -0.308. The molecular formula is C20H22FN3O2S. The van der Waals surface area contributed by atoms with Gasteiger partial charge in [-0.2, -0.15) is 9.40 Å². The van der Waals surface area contributed by atoms with Crippen LogP contribution in [0, 0.1) is 12.7 Å². The van der Waals surface area contributed by atoms with Crippen LogP contribution in [0.2, 0.25) is 0 Å². The van der Waals surface area contributed by atoms with Crippen molar-refractivity contribution in [2.75, 3.05) is 6.54 Å². The van der Waals surface area contributed by atoms with E-state index in [1.807, 2.05) is 6.92 Å². The van der Waals surface area contributed by atoms with E-state index in [2.05, 4.69) is 5.10 Å². The van der Waals surface area contributed by atoms with E-state index in [1.165, 1.54) is 16.4 Å². The molecule has 0 saturated carbocycles. The Morgan fingerprint density at radius 2 is 1.70 bits per heavy atom. The van der Waals surface area contributed by atoms with Gasteiger partial charge in [0.25, 0.3) is 0 Å². The molecule has 0 spiro atoms. The van der Waals surface area contributed by atoms with Gasteiger partial charge in [0.05, 0.1) is 17.1 Å². The van der Waals surface area contributed by atoms with Gasteiger partial charge in [0, 0.05) is 19.8 Å². The predicted octanol–water partition coefficient (Wildman–Crippen LogP) is 3.30. The summed E-state index contributed by atoms with van der Waals surface area (Å²) in [7, 11) is -1.89. The van der Waals surface area contributed by atoms with E-state index in [-0.39, 0.29) is 23.8 Å². The number of benzene rings is 2. The first-order valence-corrected chi connectivity index (χ1v) is 10.1. The summed E-state index contributed by atoms with van der Waals surface area (Å²) >= 11 is 0. The van der Waals surface area contributed by atoms with Crippen LogP contribution in [-0.4, -0.2) is 29.0 Å². The van der Waals surface area contributed by atoms with E-state index in [0.717, 1.165) is 16.8 Å². The number of rotatable bonds is 7. The average Bonchev–Trinajstić information content (AvgIpc) is 3.05. The fourth-order valence-corrected chi connectivity index (χ4v) is 4.20. The highest BCUT2D eigenvalue weighted by atomic mass is 32.2. The van der Waals surface area contributed by atoms with E-state index in [1.54, 1.807) is 60.4 Å². The zero-order valence-electron chi connectivity index (χ0n) is 15.3. The van der Waals surface area contributed by atoms with Crippen molar-refractivity contribution < 1.29 is 12.8 Å². The molecule has 2 aromatic carbocycles. The van der Waals surface area contributed by atoms with Crippen LogP contribution in [0.15, 0.2) is 65.7 Å². The van der Waals surface area contributed by atoms with Gasteiger partial charge in [-0.25, -0.2) is 12.8 Å². The maximum atomic E-state index is 13.2. The molecule has 1 heterocycles. The largest absolute Gasteiger partial charge is 0.271 e. The molecule has 0 unspecified atom stereocenters. The van der Waals surface area contributed by atoms with Gasteiger partial charge in [-0.1, -0.05) is 29.8 Å². The Balaban J connectivity index is 1.87. The molecule has 0 atom stereocenters. The van der Waals surface area contributed by atoms with Gasteiger partial charge in [0.2, 0.25) is 10.0 Å². The van der Waals surface area contributed by atoms with Crippen molar-refractivity contribution in [2.24, 2.45) is 7.05 Å². The predicted molar refractivity (Wildman–Crippen MR) is 102 cm³/mol. The zero-order chi connectivity index (χ0) is 19.4. The number of nitrogens with zero attached hydrogens (tertiary/aromatic N) is 3. The second-order valence-electron chi connectivity index (χ2n) is 6.47. The maximum absolute atomic E-state index is 13.2. The Kier molecular flexibility index (Phi) is 5.72. The third kappa shape index (κ3) is 4.61. The molecule has 0 aliphatic heterocycles. The average molecular weight is 387 g/mol. The molecule has 3 rings (SSSR count). The van der Waals surface area contributed by atoms with Crippen molar-refractivity contribution in [3.05, 3.63) is 83.4 Å². The maximum Gasteiger partial charge on any atom is 0.243 e. The molecule has 142 valence electrons. The molecule has 0 saturated heterocycles. The van der Waals surface area contributed by atoms with Crippen LogP contribution in [-0.2, 0) is 30.0 Å². The molecule has 3 aromatic rings. The topological polar surface area (TPSA) is 55.2 Å². The Labute approximate surface area is 159 Å². The van der Waals surface area contributed by atoms with Gasteiger partial charge in [-0.3, -0.25) is 4.68 Å². The first-order valence-electron chi connectivity index (χ1n) is 8.64. The van der Waals surface area contributed by atoms with Crippen molar-refractivity contribution in [3.63, 3.8) is 0 Å². The summed E-state index contributed by atoms with van der Waals surface area (Å²) < 4.78 is 42.6. The minimum Gasteiger partial charge on any atom is -0.271 e. The van der Waals surface area contributed by atoms with Gasteiger partial charge in [0.15, 0.2) is 0 Å². The van der Waals surface area contributed by atoms with Crippen LogP contribution in [0.25, 0.3) is 0 Å². The summed E-state index contributed by atoms with van der Waals surface area (Å²) in [6, 6.07) is 14.7. The lowest BCUT2D eigenvalue weighted by Crippen LogP contribution is -2.33. The first kappa shape index (κ1) is 19.3. The fraction of sp³-hybridized carbons (Fsp3) is 0.250. The summed E-state index contributed by atoms with van der Waals surface area (Å²) in [6.45, 7) is 2.42. The lowest BCUT2D eigenvalue weighted by Gasteiger charge is -2.22. The number of hydrogen-bond donors (Lipinski definition) is 0. The lowest BCUT2D eigenvalue weighted by atomic mass is 10.1. The molecule has 0 radical (unpaired) electrons. The Morgan fingerprint density at radius 3 is 2.30 bits per heavy atom. The molecule has 0 bridgehead atoms. The second-order valence-corrected chi connectivity index (χ2v) is 8.41. The lowest BCUT2D eigenvalue weighted by molar-refractivity contribution is 0.398. The Hall–Kier alpha value is -2.51. The molecule has 7 heteroatoms. The van der Waals surface area contributed by atoms with Crippen LogP contribution in [0.3, 0.4) is 0 Å². The van der Waals surface area contributed by atoms with E-state index >= 15 is 0 Å². The standard InChI is InChI=1S/C20H22FN3O2S/c1-16-3-9-20(10-4-16)27(25,26)24(15-19-11-13-22-23(19)2)14-12-17-5-7-18(21)8-6-17/h3-11,13H,12,14-15H2,1-2H3. The van der Waals surface area contributed by atoms with Gasteiger partial charge < -0.3 is 0 Å². The third-order valence-corrected chi connectivity index (χ3v) is 6.34. The van der Waals surface area contributed by atoms with Gasteiger partial charge in [-0.15, -0.1) is 0 Å². The van der Waals surface area contributed by atoms with Crippen LogP contribution < -0.4 is 0 Å². The summed E-state index contributed by atoms with van der Waals surface area (Å²) in [5, 5.41) is 4.12. The number of aryl methyl sites for hydroxylation is 2. The fourth-order valence-electron chi connectivity index (χ4n) is 2.79. The van der Waals surface area contributed by atoms with Crippen LogP contribution in [0.4, 0.5) is 4.39 Å². The smallest absolute Gasteiger partial charge is 0.243 e. The molecule has 1 aromatic heterocycles. The van der Waals surface area contributed by atoms with E-state index in [9.17, 15) is 12.8 Å². The van der Waals surface area contributed by atoms with Gasteiger partial charge in [0.1, 0.15) is 5.82 Å². The Bertz CT molecular complexity index is 996. The quantitative estimate of drug-likeness (QED) is 0.625. The molecule has 5 nitrogen and oxygen atoms in total. The minimum atomic E-state index is -3.67. The number of sulfonamides is 1. The highest BCUT2D eigenvalue weighted by Gasteiger charge is 2.25. The van der Waals surface area contributed by atoms with E-state index in [0.29, 0.717) is 6.42 Å². The van der Waals surface area contributed by atoms with Crippen molar-refractivity contribution in [2.45, 2.75) is 24.8 Å². The summed E-state index contributed by atoms with van der Waals surface area (Å²) in [4.78, 5) is 0.259. The highest BCUT2D eigenvalue weighted by Crippen LogP contribution is 2.20. The second kappa shape index (κ2) is 8.02. The van der Waals surface area contributed by atoms with Crippen LogP contribution in [0.5, 0.6) is 0 Å². The van der Waals surface area contributed by atoms with Gasteiger partial charge in [-0.05, 0) is 49.2 Å². The third-order valence-electron chi connectivity index (χ3n) is 4.48. The summed E-state index contributed by atoms with van der Waals surface area (Å²) in [5.41, 5.74) is 2.67.